The molecule has 0 heterocycles. The molecule has 0 aliphatic heterocycles. The van der Waals surface area contributed by atoms with Crippen LogP contribution in [-0.4, -0.2) is 82.3 Å². The fraction of sp³-hybridized carbons (Fsp3) is 0.720. The summed E-state index contributed by atoms with van der Waals surface area (Å²) in [7, 11) is 5.91. The van der Waals surface area contributed by atoms with Crippen LogP contribution in [0.2, 0.25) is 0 Å². The van der Waals surface area contributed by atoms with E-state index >= 15 is 0 Å². The Balaban J connectivity index is 4.08. The number of carboxylic acids is 1. The van der Waals surface area contributed by atoms with E-state index < -0.39 is 24.3 Å². The molecular formula is C82H141NO8. The molecule has 0 aliphatic carbocycles. The van der Waals surface area contributed by atoms with Crippen molar-refractivity contribution in [2.24, 2.45) is 0 Å². The summed E-state index contributed by atoms with van der Waals surface area (Å²) in [6.45, 7) is 4.59. The van der Waals surface area contributed by atoms with Crippen LogP contribution in [0.4, 0.5) is 0 Å². The summed E-state index contributed by atoms with van der Waals surface area (Å²) in [6, 6.07) is 0. The lowest BCUT2D eigenvalue weighted by molar-refractivity contribution is -0.870. The van der Waals surface area contributed by atoms with Gasteiger partial charge in [0.05, 0.1) is 40.3 Å². The van der Waals surface area contributed by atoms with Crippen molar-refractivity contribution in [3.05, 3.63) is 122 Å². The predicted octanol–water partition coefficient (Wildman–Crippen LogP) is 22.6. The van der Waals surface area contributed by atoms with E-state index in [0.717, 1.165) is 89.9 Å². The van der Waals surface area contributed by atoms with E-state index in [-0.39, 0.29) is 38.6 Å². The van der Waals surface area contributed by atoms with Crippen LogP contribution in [0.15, 0.2) is 122 Å². The number of carboxylic acid groups (broad SMARTS) is 1. The molecule has 0 aromatic rings. The average Bonchev–Trinajstić information content (AvgIpc) is 3.46. The molecule has 2 unspecified atom stereocenters. The van der Waals surface area contributed by atoms with Crippen LogP contribution in [0.25, 0.3) is 0 Å². The van der Waals surface area contributed by atoms with E-state index in [9.17, 15) is 19.5 Å². The van der Waals surface area contributed by atoms with Crippen molar-refractivity contribution in [1.29, 1.82) is 0 Å². The minimum atomic E-state index is -1.64. The minimum Gasteiger partial charge on any atom is -0.545 e. The maximum atomic E-state index is 12.9. The highest BCUT2D eigenvalue weighted by Crippen LogP contribution is 2.18. The second kappa shape index (κ2) is 71.5. The molecule has 0 amide bonds. The maximum Gasteiger partial charge on any atom is 0.306 e. The first kappa shape index (κ1) is 86.7. The Morgan fingerprint density at radius 2 is 0.626 bits per heavy atom. The van der Waals surface area contributed by atoms with Crippen LogP contribution in [-0.2, 0) is 33.3 Å². The van der Waals surface area contributed by atoms with Crippen molar-refractivity contribution in [3.63, 3.8) is 0 Å². The Morgan fingerprint density at radius 3 is 0.956 bits per heavy atom. The molecule has 0 radical (unpaired) electrons. The van der Waals surface area contributed by atoms with E-state index in [4.69, 9.17) is 18.9 Å². The van der Waals surface area contributed by atoms with Gasteiger partial charge in [-0.3, -0.25) is 9.59 Å². The predicted molar refractivity (Wildman–Crippen MR) is 389 cm³/mol. The number of allylic oxidation sites excluding steroid dienone is 20. The fourth-order valence-corrected chi connectivity index (χ4v) is 10.5. The Bertz CT molecular complexity index is 1910. The normalized spacial score (nSPS) is 13.4. The maximum absolute atomic E-state index is 12.9. The minimum absolute atomic E-state index is 0.134. The van der Waals surface area contributed by atoms with E-state index in [1.807, 2.05) is 21.1 Å². The molecule has 9 heteroatoms. The molecule has 0 rings (SSSR count). The summed E-state index contributed by atoms with van der Waals surface area (Å²) in [5.41, 5.74) is 0. The first-order valence-electron chi connectivity index (χ1n) is 37.7. The number of carbonyl (C=O) groups excluding carboxylic acids is 3. The smallest absolute Gasteiger partial charge is 0.306 e. The Kier molecular flexibility index (Phi) is 68.1. The van der Waals surface area contributed by atoms with Crippen molar-refractivity contribution < 1.29 is 42.9 Å². The number of ether oxygens (including phenoxy) is 4. The molecule has 91 heavy (non-hydrogen) atoms. The second-order valence-electron chi connectivity index (χ2n) is 26.2. The molecule has 0 aliphatic rings. The second-order valence-corrected chi connectivity index (χ2v) is 26.2. The topological polar surface area (TPSA) is 111 Å². The molecule has 0 spiro atoms. The molecule has 2 atom stereocenters. The summed E-state index contributed by atoms with van der Waals surface area (Å²) in [5, 5.41) is 11.8. The Morgan fingerprint density at radius 1 is 0.341 bits per heavy atom. The lowest BCUT2D eigenvalue weighted by atomic mass is 10.0. The zero-order valence-corrected chi connectivity index (χ0v) is 59.7. The molecule has 9 nitrogen and oxygen atoms in total. The average molecular weight is 1270 g/mol. The fourth-order valence-electron chi connectivity index (χ4n) is 10.5. The van der Waals surface area contributed by atoms with Gasteiger partial charge in [0, 0.05) is 12.8 Å². The molecule has 0 saturated heterocycles. The van der Waals surface area contributed by atoms with E-state index in [0.29, 0.717) is 17.4 Å². The number of unbranched alkanes of at least 4 members (excludes halogenated alkanes) is 34. The quantitative estimate of drug-likeness (QED) is 0.0195. The van der Waals surface area contributed by atoms with Crippen LogP contribution in [0, 0.1) is 0 Å². The van der Waals surface area contributed by atoms with E-state index in [1.165, 1.54) is 199 Å². The zero-order valence-electron chi connectivity index (χ0n) is 59.7. The third-order valence-corrected chi connectivity index (χ3v) is 16.2. The van der Waals surface area contributed by atoms with Crippen LogP contribution >= 0.6 is 0 Å². The van der Waals surface area contributed by atoms with Gasteiger partial charge in [0.25, 0.3) is 0 Å². The molecule has 0 saturated carbocycles. The van der Waals surface area contributed by atoms with Gasteiger partial charge in [0.2, 0.25) is 0 Å². The van der Waals surface area contributed by atoms with E-state index in [2.05, 4.69) is 135 Å². The number of rotatable bonds is 69. The van der Waals surface area contributed by atoms with Crippen molar-refractivity contribution in [3.8, 4) is 0 Å². The molecule has 0 bridgehead atoms. The summed E-state index contributed by atoms with van der Waals surface area (Å²) in [4.78, 5) is 37.5. The molecule has 0 N–H and O–H groups in total. The van der Waals surface area contributed by atoms with Crippen LogP contribution in [0.3, 0.4) is 0 Å². The number of carbonyl (C=O) groups is 3. The Hall–Kier alpha value is -4.31. The first-order valence-corrected chi connectivity index (χ1v) is 37.7. The molecule has 522 valence electrons. The van der Waals surface area contributed by atoms with Gasteiger partial charge in [-0.25, -0.2) is 0 Å². The first-order chi connectivity index (χ1) is 44.6. The number of hydrogen-bond donors (Lipinski definition) is 0. The highest BCUT2D eigenvalue weighted by molar-refractivity contribution is 5.70. The highest BCUT2D eigenvalue weighted by atomic mass is 16.7. The highest BCUT2D eigenvalue weighted by Gasteiger charge is 2.22. The number of esters is 2. The lowest BCUT2D eigenvalue weighted by Gasteiger charge is -2.26. The van der Waals surface area contributed by atoms with Gasteiger partial charge in [-0.2, -0.15) is 0 Å². The molecule has 0 fully saturated rings. The van der Waals surface area contributed by atoms with Gasteiger partial charge in [-0.05, 0) is 109 Å². The van der Waals surface area contributed by atoms with Crippen LogP contribution in [0.1, 0.15) is 322 Å². The summed E-state index contributed by atoms with van der Waals surface area (Å²) in [5.74, 6) is -2.34. The van der Waals surface area contributed by atoms with Crippen molar-refractivity contribution >= 4 is 17.9 Å². The standard InChI is InChI=1S/C82H141NO8/c1-6-8-10-12-14-16-18-20-22-24-26-28-30-32-34-35-36-37-38-39-40-41-42-43-44-45-47-48-50-52-54-56-58-60-62-64-66-68-70-72-79(84)89-76-78(77-90-82(81(86)87)88-75-74-83(3,4)5)91-80(85)73-71-69-67-65-63-61-59-57-55-53-51-49-46-33-31-29-27-25-23-21-19-17-15-13-11-9-7-2/h9,11,15,17-18,20-21,23-24,26-27,29,33,46,51,53,57,59,63,65,78,82H,6-8,10,12-14,16,19,22,25,28,30-32,34-45,47-50,52,54-56,58,60-62,64,66-77H2,1-5H3/b11-9-,17-15-,20-18-,23-21-,26-24-,29-27-,46-33-,53-51-,59-57-,65-63-. The number of nitrogens with zero attached hydrogens (tertiary/aromatic N) is 1. The van der Waals surface area contributed by atoms with Gasteiger partial charge < -0.3 is 33.3 Å². The van der Waals surface area contributed by atoms with Crippen LogP contribution < -0.4 is 5.11 Å². The van der Waals surface area contributed by atoms with Gasteiger partial charge in [0.15, 0.2) is 12.4 Å². The van der Waals surface area contributed by atoms with Crippen molar-refractivity contribution in [2.75, 3.05) is 47.5 Å². The third kappa shape index (κ3) is 73.0. The number of likely N-dealkylation sites (N-methyl/N-ethyl adjacent to an activating group) is 1. The number of quaternary nitrogens is 1. The van der Waals surface area contributed by atoms with Gasteiger partial charge in [-0.1, -0.05) is 322 Å². The van der Waals surface area contributed by atoms with Gasteiger partial charge in [-0.15, -0.1) is 0 Å². The molecule has 0 aromatic carbocycles. The van der Waals surface area contributed by atoms with Gasteiger partial charge in [0.1, 0.15) is 13.2 Å². The van der Waals surface area contributed by atoms with E-state index in [1.54, 1.807) is 0 Å². The SMILES string of the molecule is CC/C=C\C/C=C\C/C=C\C/C=C\C/C=C\C/C=C\C/C=C\C/C=C\CCCCC(=O)OC(COC(=O)CCCCCCCCCCCCCCCCCCCCCCCCCCCCC/C=C\C/C=C\CCCCCCC)COC(OCC[N+](C)(C)C)C(=O)[O-]. The largest absolute Gasteiger partial charge is 0.545 e. The van der Waals surface area contributed by atoms with Crippen molar-refractivity contribution in [1.82, 2.24) is 0 Å². The molecule has 0 aromatic heterocycles. The zero-order chi connectivity index (χ0) is 66.1. The molecular weight excluding hydrogens is 1130 g/mol. The van der Waals surface area contributed by atoms with Crippen LogP contribution in [0.5, 0.6) is 0 Å². The summed E-state index contributed by atoms with van der Waals surface area (Å²) >= 11 is 0. The lowest BCUT2D eigenvalue weighted by Crippen LogP contribution is -2.44. The number of hydrogen-bond acceptors (Lipinski definition) is 8. The monoisotopic (exact) mass is 1270 g/mol. The Labute approximate surface area is 561 Å². The summed E-state index contributed by atoms with van der Waals surface area (Å²) < 4.78 is 22.8. The van der Waals surface area contributed by atoms with Gasteiger partial charge >= 0.3 is 11.9 Å². The third-order valence-electron chi connectivity index (χ3n) is 16.2. The van der Waals surface area contributed by atoms with Crippen molar-refractivity contribution in [2.45, 2.75) is 334 Å². The summed E-state index contributed by atoms with van der Waals surface area (Å²) in [6.07, 6.45) is 98.9. The number of aliphatic carboxylic acids is 1.